The number of fused-ring (bicyclic) bond motifs is 1. The zero-order chi connectivity index (χ0) is 19.0. The molecule has 0 saturated carbocycles. The smallest absolute Gasteiger partial charge is 0.263 e. The molecule has 0 amide bonds. The summed E-state index contributed by atoms with van der Waals surface area (Å²) in [6.45, 7) is 0.221. The van der Waals surface area contributed by atoms with Crippen molar-refractivity contribution in [1.29, 1.82) is 0 Å². The van der Waals surface area contributed by atoms with Crippen LogP contribution >= 0.6 is 22.9 Å². The molecule has 2 aromatic heterocycles. The molecule has 4 rings (SSSR count). The summed E-state index contributed by atoms with van der Waals surface area (Å²) in [5, 5.41) is 3.11. The standard InChI is InChI=1S/C20H14ClFN2O2S/c1-26-17-7-2-12(8-16(17)22)9-24-11-23-19-18(20(24)25)15(10-27-19)13-3-5-14(21)6-4-13/h2-8,10-11H,9H2,1H3. The normalized spacial score (nSPS) is 11.1. The van der Waals surface area contributed by atoms with E-state index >= 15 is 0 Å². The van der Waals surface area contributed by atoms with Crippen LogP contribution in [0.3, 0.4) is 0 Å². The molecule has 27 heavy (non-hydrogen) atoms. The molecule has 0 aliphatic carbocycles. The monoisotopic (exact) mass is 400 g/mol. The number of aromatic nitrogens is 2. The zero-order valence-electron chi connectivity index (χ0n) is 14.3. The number of methoxy groups -OCH3 is 1. The number of hydrogen-bond donors (Lipinski definition) is 0. The van der Waals surface area contributed by atoms with Crippen LogP contribution in [-0.2, 0) is 6.54 Å². The topological polar surface area (TPSA) is 44.1 Å². The molecule has 0 atom stereocenters. The Labute approximate surface area is 163 Å². The van der Waals surface area contributed by atoms with Gasteiger partial charge >= 0.3 is 0 Å². The van der Waals surface area contributed by atoms with E-state index in [1.807, 2.05) is 17.5 Å². The van der Waals surface area contributed by atoms with Gasteiger partial charge in [0.1, 0.15) is 4.83 Å². The summed E-state index contributed by atoms with van der Waals surface area (Å²) < 4.78 is 20.4. The first kappa shape index (κ1) is 17.7. The van der Waals surface area contributed by atoms with Gasteiger partial charge in [0.15, 0.2) is 11.6 Å². The minimum atomic E-state index is -0.463. The minimum Gasteiger partial charge on any atom is -0.494 e. The second kappa shape index (κ2) is 7.13. The number of hydrogen-bond acceptors (Lipinski definition) is 4. The van der Waals surface area contributed by atoms with E-state index in [1.165, 1.54) is 35.4 Å². The van der Waals surface area contributed by atoms with Crippen molar-refractivity contribution in [3.63, 3.8) is 0 Å². The van der Waals surface area contributed by atoms with Crippen LogP contribution in [0.25, 0.3) is 21.3 Å². The van der Waals surface area contributed by atoms with Crippen LogP contribution in [0.2, 0.25) is 5.02 Å². The Morgan fingerprint density at radius 3 is 2.70 bits per heavy atom. The van der Waals surface area contributed by atoms with Crippen LogP contribution in [0, 0.1) is 5.82 Å². The highest BCUT2D eigenvalue weighted by atomic mass is 35.5. The average molecular weight is 401 g/mol. The maximum absolute atomic E-state index is 13.9. The molecule has 0 aliphatic rings. The second-order valence-corrected chi connectivity index (χ2v) is 7.28. The lowest BCUT2D eigenvalue weighted by atomic mass is 10.1. The zero-order valence-corrected chi connectivity index (χ0v) is 15.9. The summed E-state index contributed by atoms with van der Waals surface area (Å²) >= 11 is 7.37. The van der Waals surface area contributed by atoms with Crippen LogP contribution in [0.15, 0.2) is 59.0 Å². The van der Waals surface area contributed by atoms with E-state index in [4.69, 9.17) is 16.3 Å². The van der Waals surface area contributed by atoms with Gasteiger partial charge in [0.25, 0.3) is 5.56 Å². The minimum absolute atomic E-state index is 0.164. The van der Waals surface area contributed by atoms with Crippen molar-refractivity contribution in [2.45, 2.75) is 6.54 Å². The Hall–Kier alpha value is -2.70. The number of nitrogens with zero attached hydrogens (tertiary/aromatic N) is 2. The summed E-state index contributed by atoms with van der Waals surface area (Å²) in [4.78, 5) is 18.1. The highest BCUT2D eigenvalue weighted by Crippen LogP contribution is 2.31. The molecular formula is C20H14ClFN2O2S. The Balaban J connectivity index is 1.78. The van der Waals surface area contributed by atoms with E-state index in [1.54, 1.807) is 24.3 Å². The van der Waals surface area contributed by atoms with Crippen molar-refractivity contribution in [2.75, 3.05) is 7.11 Å². The molecule has 0 unspecified atom stereocenters. The average Bonchev–Trinajstić information content (AvgIpc) is 3.10. The molecular weight excluding hydrogens is 387 g/mol. The van der Waals surface area contributed by atoms with E-state index in [9.17, 15) is 9.18 Å². The largest absolute Gasteiger partial charge is 0.494 e. The van der Waals surface area contributed by atoms with Gasteiger partial charge < -0.3 is 4.74 Å². The maximum atomic E-state index is 13.9. The number of thiophene rings is 1. The molecule has 2 aromatic carbocycles. The molecule has 0 fully saturated rings. The quantitative estimate of drug-likeness (QED) is 0.485. The highest BCUT2D eigenvalue weighted by Gasteiger charge is 2.14. The van der Waals surface area contributed by atoms with Gasteiger partial charge in [-0.05, 0) is 35.4 Å². The van der Waals surface area contributed by atoms with Gasteiger partial charge in [-0.1, -0.05) is 29.8 Å². The Morgan fingerprint density at radius 1 is 1.22 bits per heavy atom. The van der Waals surface area contributed by atoms with Gasteiger partial charge in [-0.25, -0.2) is 9.37 Å². The second-order valence-electron chi connectivity index (χ2n) is 5.98. The fourth-order valence-corrected chi connectivity index (χ4v) is 3.96. The summed E-state index contributed by atoms with van der Waals surface area (Å²) in [7, 11) is 1.41. The SMILES string of the molecule is COc1ccc(Cn2cnc3scc(-c4ccc(Cl)cc4)c3c2=O)cc1F. The third kappa shape index (κ3) is 3.34. The lowest BCUT2D eigenvalue weighted by Crippen LogP contribution is -2.21. The predicted molar refractivity (Wildman–Crippen MR) is 106 cm³/mol. The van der Waals surface area contributed by atoms with E-state index in [0.717, 1.165) is 11.1 Å². The fourth-order valence-electron chi connectivity index (χ4n) is 2.93. The first-order valence-corrected chi connectivity index (χ1v) is 9.37. The summed E-state index contributed by atoms with van der Waals surface area (Å²) in [5.41, 5.74) is 2.21. The van der Waals surface area contributed by atoms with E-state index in [-0.39, 0.29) is 17.9 Å². The number of rotatable bonds is 4. The van der Waals surface area contributed by atoms with Crippen LogP contribution < -0.4 is 10.3 Å². The molecule has 0 bridgehead atoms. The molecule has 0 saturated heterocycles. The Morgan fingerprint density at radius 2 is 2.00 bits per heavy atom. The summed E-state index contributed by atoms with van der Waals surface area (Å²) in [5.74, 6) is -0.294. The lowest BCUT2D eigenvalue weighted by Gasteiger charge is -2.08. The number of halogens is 2. The summed E-state index contributed by atoms with van der Waals surface area (Å²) in [6, 6.07) is 12.0. The predicted octanol–water partition coefficient (Wildman–Crippen LogP) is 4.97. The fraction of sp³-hybridized carbons (Fsp3) is 0.100. The first-order valence-electron chi connectivity index (χ1n) is 8.12. The molecule has 0 radical (unpaired) electrons. The molecule has 0 aliphatic heterocycles. The van der Waals surface area contributed by atoms with Gasteiger partial charge in [0.05, 0.1) is 25.4 Å². The van der Waals surface area contributed by atoms with Crippen molar-refractivity contribution >= 4 is 33.2 Å². The molecule has 2 heterocycles. The Bertz CT molecular complexity index is 1190. The van der Waals surface area contributed by atoms with Crippen molar-refractivity contribution in [3.8, 4) is 16.9 Å². The highest BCUT2D eigenvalue weighted by molar-refractivity contribution is 7.17. The summed E-state index contributed by atoms with van der Waals surface area (Å²) in [6.07, 6.45) is 1.49. The van der Waals surface area contributed by atoms with Crippen molar-refractivity contribution in [1.82, 2.24) is 9.55 Å². The third-order valence-corrected chi connectivity index (χ3v) is 5.42. The van der Waals surface area contributed by atoms with Crippen molar-refractivity contribution in [2.24, 2.45) is 0 Å². The van der Waals surface area contributed by atoms with Gasteiger partial charge in [-0.15, -0.1) is 11.3 Å². The van der Waals surface area contributed by atoms with Gasteiger partial charge in [-0.3, -0.25) is 9.36 Å². The molecule has 0 spiro atoms. The third-order valence-electron chi connectivity index (χ3n) is 4.29. The van der Waals surface area contributed by atoms with Crippen molar-refractivity contribution < 1.29 is 9.13 Å². The van der Waals surface area contributed by atoms with Crippen LogP contribution in [0.1, 0.15) is 5.56 Å². The van der Waals surface area contributed by atoms with Crippen LogP contribution in [0.4, 0.5) is 4.39 Å². The van der Waals surface area contributed by atoms with Crippen molar-refractivity contribution in [3.05, 3.63) is 80.9 Å². The molecule has 4 aromatic rings. The van der Waals surface area contributed by atoms with E-state index in [0.29, 0.717) is 20.8 Å². The first-order chi connectivity index (χ1) is 13.1. The molecule has 7 heteroatoms. The van der Waals surface area contributed by atoms with E-state index < -0.39 is 5.82 Å². The molecule has 136 valence electrons. The molecule has 0 N–H and O–H groups in total. The lowest BCUT2D eigenvalue weighted by molar-refractivity contribution is 0.386. The number of ether oxygens (including phenoxy) is 1. The molecule has 4 nitrogen and oxygen atoms in total. The number of benzene rings is 2. The van der Waals surface area contributed by atoms with E-state index in [2.05, 4.69) is 4.98 Å². The van der Waals surface area contributed by atoms with Crippen LogP contribution in [-0.4, -0.2) is 16.7 Å². The van der Waals surface area contributed by atoms with Crippen LogP contribution in [0.5, 0.6) is 5.75 Å². The van der Waals surface area contributed by atoms with Gasteiger partial charge in [-0.2, -0.15) is 0 Å². The van der Waals surface area contributed by atoms with Gasteiger partial charge in [0, 0.05) is 16.0 Å². The maximum Gasteiger partial charge on any atom is 0.263 e. The Kier molecular flexibility index (Phi) is 4.68. The van der Waals surface area contributed by atoms with Gasteiger partial charge in [0.2, 0.25) is 0 Å².